The van der Waals surface area contributed by atoms with Crippen molar-refractivity contribution in [2.75, 3.05) is 12.0 Å². The van der Waals surface area contributed by atoms with Crippen LogP contribution in [-0.4, -0.2) is 33.1 Å². The Bertz CT molecular complexity index is 730. The summed E-state index contributed by atoms with van der Waals surface area (Å²) in [7, 11) is 0. The first-order chi connectivity index (χ1) is 11.8. The van der Waals surface area contributed by atoms with Crippen molar-refractivity contribution < 1.29 is 0 Å². The molecule has 1 fully saturated rings. The van der Waals surface area contributed by atoms with Crippen molar-refractivity contribution >= 4 is 28.7 Å². The Labute approximate surface area is 152 Å². The molecule has 24 heavy (non-hydrogen) atoms. The summed E-state index contributed by atoms with van der Waals surface area (Å²) in [6.07, 6.45) is 5.14. The Morgan fingerprint density at radius 3 is 2.71 bits per heavy atom. The van der Waals surface area contributed by atoms with Gasteiger partial charge in [0.2, 0.25) is 0 Å². The molecular weight excluding hydrogens is 334 g/mol. The Morgan fingerprint density at radius 2 is 2.04 bits per heavy atom. The highest BCUT2D eigenvalue weighted by atomic mass is 32.2. The second kappa shape index (κ2) is 6.81. The minimum atomic E-state index is 0.0863. The summed E-state index contributed by atoms with van der Waals surface area (Å²) in [5.41, 5.74) is 2.40. The SMILES string of the molecule is CCC1CSC2=NC(c3ccccn3)C(c3ccc(SC)cc3)N21. The largest absolute Gasteiger partial charge is 0.338 e. The van der Waals surface area contributed by atoms with Crippen molar-refractivity contribution in [3.8, 4) is 0 Å². The zero-order valence-electron chi connectivity index (χ0n) is 13.9. The van der Waals surface area contributed by atoms with E-state index >= 15 is 0 Å². The van der Waals surface area contributed by atoms with Crippen LogP contribution in [0.25, 0.3) is 0 Å². The molecule has 3 atom stereocenters. The summed E-state index contributed by atoms with van der Waals surface area (Å²) in [5, 5.41) is 1.19. The van der Waals surface area contributed by atoms with Gasteiger partial charge in [-0.05, 0) is 42.5 Å². The van der Waals surface area contributed by atoms with Gasteiger partial charge in [0.1, 0.15) is 6.04 Å². The van der Waals surface area contributed by atoms with Crippen molar-refractivity contribution in [1.29, 1.82) is 0 Å². The van der Waals surface area contributed by atoms with Crippen LogP contribution < -0.4 is 0 Å². The molecule has 0 aliphatic carbocycles. The van der Waals surface area contributed by atoms with Crippen LogP contribution >= 0.6 is 23.5 Å². The topological polar surface area (TPSA) is 28.5 Å². The van der Waals surface area contributed by atoms with E-state index in [1.807, 2.05) is 24.0 Å². The zero-order valence-corrected chi connectivity index (χ0v) is 15.6. The standard InChI is InChI=1S/C19H21N3S2/c1-3-14-12-24-19-21-17(16-6-4-5-11-20-16)18(22(14)19)13-7-9-15(23-2)10-8-13/h4-11,14,17-18H,3,12H2,1-2H3. The molecule has 1 saturated heterocycles. The second-order valence-electron chi connectivity index (χ2n) is 6.11. The normalized spacial score (nSPS) is 25.7. The lowest BCUT2D eigenvalue weighted by Crippen LogP contribution is -2.35. The van der Waals surface area contributed by atoms with E-state index < -0.39 is 0 Å². The third-order valence-corrected chi connectivity index (χ3v) is 6.66. The van der Waals surface area contributed by atoms with Gasteiger partial charge in [0, 0.05) is 22.9 Å². The molecule has 0 radical (unpaired) electrons. The molecule has 0 spiro atoms. The number of thioether (sulfide) groups is 2. The van der Waals surface area contributed by atoms with Gasteiger partial charge in [0.25, 0.3) is 0 Å². The Balaban J connectivity index is 1.76. The van der Waals surface area contributed by atoms with Crippen LogP contribution in [0.2, 0.25) is 0 Å². The molecule has 0 N–H and O–H groups in total. The van der Waals surface area contributed by atoms with Gasteiger partial charge in [-0.25, -0.2) is 0 Å². The first-order valence-electron chi connectivity index (χ1n) is 8.35. The summed E-state index contributed by atoms with van der Waals surface area (Å²) in [6.45, 7) is 2.27. The van der Waals surface area contributed by atoms with Gasteiger partial charge in [-0.15, -0.1) is 11.8 Å². The van der Waals surface area contributed by atoms with Crippen molar-refractivity contribution in [2.45, 2.75) is 36.4 Å². The average Bonchev–Trinajstić information content (AvgIpc) is 3.21. The molecule has 5 heteroatoms. The number of nitrogens with zero attached hydrogens (tertiary/aromatic N) is 3. The minimum Gasteiger partial charge on any atom is -0.338 e. The number of fused-ring (bicyclic) bond motifs is 1. The van der Waals surface area contributed by atoms with Crippen LogP contribution in [0, 0.1) is 0 Å². The summed E-state index contributed by atoms with van der Waals surface area (Å²) in [4.78, 5) is 13.5. The molecule has 124 valence electrons. The molecule has 1 aromatic carbocycles. The smallest absolute Gasteiger partial charge is 0.160 e. The number of amidine groups is 1. The van der Waals surface area contributed by atoms with Gasteiger partial charge < -0.3 is 4.90 Å². The Morgan fingerprint density at radius 1 is 1.21 bits per heavy atom. The first-order valence-corrected chi connectivity index (χ1v) is 10.6. The summed E-state index contributed by atoms with van der Waals surface area (Å²) in [6, 6.07) is 16.0. The van der Waals surface area contributed by atoms with Crippen LogP contribution in [-0.2, 0) is 0 Å². The van der Waals surface area contributed by atoms with Crippen LogP contribution in [0.3, 0.4) is 0 Å². The lowest BCUT2D eigenvalue weighted by molar-refractivity contribution is 0.255. The van der Waals surface area contributed by atoms with E-state index in [1.165, 1.54) is 15.6 Å². The lowest BCUT2D eigenvalue weighted by atomic mass is 9.95. The predicted molar refractivity (Wildman–Crippen MR) is 104 cm³/mol. The number of hydrogen-bond acceptors (Lipinski definition) is 5. The van der Waals surface area contributed by atoms with E-state index in [4.69, 9.17) is 4.99 Å². The van der Waals surface area contributed by atoms with Crippen LogP contribution in [0.4, 0.5) is 0 Å². The van der Waals surface area contributed by atoms with Gasteiger partial charge >= 0.3 is 0 Å². The van der Waals surface area contributed by atoms with E-state index in [9.17, 15) is 0 Å². The number of aromatic nitrogens is 1. The van der Waals surface area contributed by atoms with Gasteiger partial charge in [-0.1, -0.05) is 36.9 Å². The Hall–Kier alpha value is -1.46. The van der Waals surface area contributed by atoms with E-state index in [0.29, 0.717) is 6.04 Å². The Kier molecular flexibility index (Phi) is 4.55. The molecule has 2 aromatic rings. The zero-order chi connectivity index (χ0) is 16.5. The lowest BCUT2D eigenvalue weighted by Gasteiger charge is -2.32. The number of hydrogen-bond donors (Lipinski definition) is 0. The molecule has 0 amide bonds. The van der Waals surface area contributed by atoms with E-state index in [0.717, 1.165) is 17.9 Å². The summed E-state index contributed by atoms with van der Waals surface area (Å²) < 4.78 is 0. The third-order valence-electron chi connectivity index (χ3n) is 4.79. The molecule has 3 unspecified atom stereocenters. The van der Waals surface area contributed by atoms with Gasteiger partial charge in [-0.2, -0.15) is 0 Å². The number of pyridine rings is 1. The van der Waals surface area contributed by atoms with E-state index in [-0.39, 0.29) is 12.1 Å². The molecule has 4 rings (SSSR count). The summed E-state index contributed by atoms with van der Waals surface area (Å²) >= 11 is 3.68. The van der Waals surface area contributed by atoms with Gasteiger partial charge in [0.15, 0.2) is 5.17 Å². The molecule has 3 heterocycles. The first kappa shape index (κ1) is 16.0. The average molecular weight is 356 g/mol. The minimum absolute atomic E-state index is 0.0863. The number of aliphatic imine (C=N–C) groups is 1. The fourth-order valence-electron chi connectivity index (χ4n) is 3.51. The number of benzene rings is 1. The van der Waals surface area contributed by atoms with Crippen LogP contribution in [0.5, 0.6) is 0 Å². The van der Waals surface area contributed by atoms with Crippen molar-refractivity contribution in [1.82, 2.24) is 9.88 Å². The highest BCUT2D eigenvalue weighted by Gasteiger charge is 2.45. The number of rotatable bonds is 4. The van der Waals surface area contributed by atoms with Crippen LogP contribution in [0.15, 0.2) is 58.5 Å². The maximum atomic E-state index is 5.06. The maximum absolute atomic E-state index is 5.06. The second-order valence-corrected chi connectivity index (χ2v) is 7.98. The summed E-state index contributed by atoms with van der Waals surface area (Å²) in [5.74, 6) is 1.14. The molecule has 0 saturated carbocycles. The highest BCUT2D eigenvalue weighted by Crippen LogP contribution is 2.48. The van der Waals surface area contributed by atoms with Crippen molar-refractivity contribution in [3.63, 3.8) is 0 Å². The fraction of sp³-hybridized carbons (Fsp3) is 0.368. The molecule has 2 aliphatic heterocycles. The quantitative estimate of drug-likeness (QED) is 0.738. The van der Waals surface area contributed by atoms with E-state index in [1.54, 1.807) is 11.8 Å². The van der Waals surface area contributed by atoms with Crippen molar-refractivity contribution in [2.24, 2.45) is 4.99 Å². The van der Waals surface area contributed by atoms with Gasteiger partial charge in [0.05, 0.1) is 11.7 Å². The molecular formula is C19H21N3S2. The monoisotopic (exact) mass is 355 g/mol. The maximum Gasteiger partial charge on any atom is 0.160 e. The van der Waals surface area contributed by atoms with Crippen molar-refractivity contribution in [3.05, 3.63) is 59.9 Å². The third kappa shape index (κ3) is 2.74. The van der Waals surface area contributed by atoms with E-state index in [2.05, 4.69) is 59.5 Å². The fourth-order valence-corrected chi connectivity index (χ4v) is 5.26. The predicted octanol–water partition coefficient (Wildman–Crippen LogP) is 4.78. The highest BCUT2D eigenvalue weighted by molar-refractivity contribution is 8.14. The molecule has 3 nitrogen and oxygen atoms in total. The van der Waals surface area contributed by atoms with Gasteiger partial charge in [-0.3, -0.25) is 9.98 Å². The van der Waals surface area contributed by atoms with Crippen LogP contribution in [0.1, 0.15) is 36.7 Å². The molecule has 0 bridgehead atoms. The molecule has 1 aromatic heterocycles. The molecule has 2 aliphatic rings.